The molecule has 0 saturated carbocycles. The molecule has 1 aromatic rings. The van der Waals surface area contributed by atoms with Gasteiger partial charge in [-0.25, -0.2) is 4.79 Å². The third kappa shape index (κ3) is 4.66. The topological polar surface area (TPSA) is 79.3 Å². The number of aliphatic carboxylic acids is 1. The molecule has 18 heavy (non-hydrogen) atoms. The molecular weight excluding hydrogens is 320 g/mol. The van der Waals surface area contributed by atoms with Crippen molar-refractivity contribution in [3.8, 4) is 0 Å². The monoisotopic (exact) mass is 332 g/mol. The molecule has 98 valence electrons. The van der Waals surface area contributed by atoms with Crippen LogP contribution in [0.4, 0.5) is 0 Å². The molecular formula is C11H13BrN2O3S. The SMILES string of the molecule is CSCC[C@H](NC(=O)c1cncc(Br)c1)C(=O)O. The van der Waals surface area contributed by atoms with Gasteiger partial charge < -0.3 is 10.4 Å². The molecule has 0 spiro atoms. The third-order valence-electron chi connectivity index (χ3n) is 2.18. The lowest BCUT2D eigenvalue weighted by atomic mass is 10.2. The van der Waals surface area contributed by atoms with Gasteiger partial charge in [-0.3, -0.25) is 9.78 Å². The summed E-state index contributed by atoms with van der Waals surface area (Å²) in [5, 5.41) is 11.5. The van der Waals surface area contributed by atoms with Crippen molar-refractivity contribution in [3.05, 3.63) is 28.5 Å². The van der Waals surface area contributed by atoms with Gasteiger partial charge in [0, 0.05) is 16.9 Å². The van der Waals surface area contributed by atoms with E-state index in [1.54, 1.807) is 12.3 Å². The van der Waals surface area contributed by atoms with E-state index >= 15 is 0 Å². The van der Waals surface area contributed by atoms with Crippen LogP contribution in [0.1, 0.15) is 16.8 Å². The number of pyridine rings is 1. The molecule has 1 amide bonds. The molecule has 2 N–H and O–H groups in total. The van der Waals surface area contributed by atoms with E-state index in [1.807, 2.05) is 6.26 Å². The fourth-order valence-electron chi connectivity index (χ4n) is 1.27. The van der Waals surface area contributed by atoms with Gasteiger partial charge in [-0.15, -0.1) is 0 Å². The number of aromatic nitrogens is 1. The number of thioether (sulfide) groups is 1. The minimum atomic E-state index is -1.03. The van der Waals surface area contributed by atoms with Crippen LogP contribution in [0.2, 0.25) is 0 Å². The zero-order chi connectivity index (χ0) is 13.5. The lowest BCUT2D eigenvalue weighted by Gasteiger charge is -2.13. The molecule has 0 radical (unpaired) electrons. The van der Waals surface area contributed by atoms with Gasteiger partial charge in [-0.2, -0.15) is 11.8 Å². The van der Waals surface area contributed by atoms with Gasteiger partial charge in [-0.1, -0.05) is 0 Å². The van der Waals surface area contributed by atoms with Gasteiger partial charge >= 0.3 is 5.97 Å². The summed E-state index contributed by atoms with van der Waals surface area (Å²) in [6.07, 6.45) is 5.23. The Kier molecular flexibility index (Phi) is 6.14. The van der Waals surface area contributed by atoms with Gasteiger partial charge in [0.2, 0.25) is 0 Å². The first kappa shape index (κ1) is 15.0. The second-order valence-corrected chi connectivity index (χ2v) is 5.44. The summed E-state index contributed by atoms with van der Waals surface area (Å²) in [6.45, 7) is 0. The van der Waals surface area contributed by atoms with Gasteiger partial charge in [0.25, 0.3) is 5.91 Å². The molecule has 7 heteroatoms. The molecule has 5 nitrogen and oxygen atoms in total. The number of nitrogens with zero attached hydrogens (tertiary/aromatic N) is 1. The van der Waals surface area contributed by atoms with Crippen LogP contribution >= 0.6 is 27.7 Å². The second-order valence-electron chi connectivity index (χ2n) is 3.54. The highest BCUT2D eigenvalue weighted by molar-refractivity contribution is 9.10. The van der Waals surface area contributed by atoms with E-state index in [1.165, 1.54) is 18.0 Å². The first-order valence-electron chi connectivity index (χ1n) is 5.17. The molecule has 1 aromatic heterocycles. The Morgan fingerprint density at radius 2 is 2.28 bits per heavy atom. The van der Waals surface area contributed by atoms with Crippen molar-refractivity contribution in [1.29, 1.82) is 0 Å². The summed E-state index contributed by atoms with van der Waals surface area (Å²) in [7, 11) is 0. The van der Waals surface area contributed by atoms with Crippen molar-refractivity contribution in [3.63, 3.8) is 0 Å². The summed E-state index contributed by atoms with van der Waals surface area (Å²) in [5.74, 6) is -0.786. The highest BCUT2D eigenvalue weighted by Crippen LogP contribution is 2.10. The molecule has 1 rings (SSSR count). The largest absolute Gasteiger partial charge is 0.480 e. The number of carbonyl (C=O) groups is 2. The lowest BCUT2D eigenvalue weighted by molar-refractivity contribution is -0.139. The summed E-state index contributed by atoms with van der Waals surface area (Å²) in [6, 6.07) is 0.722. The number of nitrogens with one attached hydrogen (secondary N) is 1. The van der Waals surface area contributed by atoms with Crippen LogP contribution in [0.15, 0.2) is 22.9 Å². The molecule has 0 aliphatic heterocycles. The number of halogens is 1. The maximum absolute atomic E-state index is 11.8. The molecule has 0 fully saturated rings. The van der Waals surface area contributed by atoms with Crippen molar-refractivity contribution in [1.82, 2.24) is 10.3 Å². The van der Waals surface area contributed by atoms with E-state index in [2.05, 4.69) is 26.2 Å². The van der Waals surface area contributed by atoms with Crippen LogP contribution in [-0.2, 0) is 4.79 Å². The van der Waals surface area contributed by atoms with Crippen LogP contribution < -0.4 is 5.32 Å². The molecule has 0 aliphatic carbocycles. The Bertz CT molecular complexity index is 442. The predicted molar refractivity (Wildman–Crippen MR) is 73.8 cm³/mol. The zero-order valence-corrected chi connectivity index (χ0v) is 12.1. The van der Waals surface area contributed by atoms with Crippen LogP contribution in [0.5, 0.6) is 0 Å². The Labute approximate surface area is 117 Å². The Morgan fingerprint density at radius 1 is 1.56 bits per heavy atom. The van der Waals surface area contributed by atoms with Crippen LogP contribution in [0.25, 0.3) is 0 Å². The number of rotatable bonds is 6. The van der Waals surface area contributed by atoms with E-state index in [-0.39, 0.29) is 0 Å². The fourth-order valence-corrected chi connectivity index (χ4v) is 2.11. The van der Waals surface area contributed by atoms with Crippen molar-refractivity contribution in [2.75, 3.05) is 12.0 Å². The van der Waals surface area contributed by atoms with E-state index in [9.17, 15) is 9.59 Å². The molecule has 0 unspecified atom stereocenters. The molecule has 1 atom stereocenters. The average molecular weight is 333 g/mol. The lowest BCUT2D eigenvalue weighted by Crippen LogP contribution is -2.41. The minimum absolute atomic E-state index is 0.333. The highest BCUT2D eigenvalue weighted by atomic mass is 79.9. The van der Waals surface area contributed by atoms with Crippen molar-refractivity contribution >= 4 is 39.6 Å². The average Bonchev–Trinajstić information content (AvgIpc) is 2.33. The van der Waals surface area contributed by atoms with E-state index in [0.717, 1.165) is 0 Å². The standard InChI is InChI=1S/C11H13BrN2O3S/c1-18-3-2-9(11(16)17)14-10(15)7-4-8(12)6-13-5-7/h4-6,9H,2-3H2,1H3,(H,14,15)(H,16,17)/t9-/m0/s1. The molecule has 0 saturated heterocycles. The predicted octanol–water partition coefficient (Wildman–Crippen LogP) is 1.78. The van der Waals surface area contributed by atoms with Gasteiger partial charge in [-0.05, 0) is 40.4 Å². The smallest absolute Gasteiger partial charge is 0.326 e. The third-order valence-corrected chi connectivity index (χ3v) is 3.26. The van der Waals surface area contributed by atoms with Gasteiger partial charge in [0.1, 0.15) is 6.04 Å². The number of carboxylic acid groups (broad SMARTS) is 1. The van der Waals surface area contributed by atoms with E-state index < -0.39 is 17.9 Å². The zero-order valence-electron chi connectivity index (χ0n) is 9.72. The molecule has 0 bridgehead atoms. The van der Waals surface area contributed by atoms with Gasteiger partial charge in [0.05, 0.1) is 5.56 Å². The second kappa shape index (κ2) is 7.38. The Balaban J connectivity index is 2.69. The van der Waals surface area contributed by atoms with Gasteiger partial charge in [0.15, 0.2) is 0 Å². The van der Waals surface area contributed by atoms with Crippen LogP contribution in [0, 0.1) is 0 Å². The van der Waals surface area contributed by atoms with Crippen LogP contribution in [-0.4, -0.2) is 40.0 Å². The normalized spacial score (nSPS) is 11.9. The number of hydrogen-bond donors (Lipinski definition) is 2. The summed E-state index contributed by atoms with van der Waals surface area (Å²) in [5.41, 5.74) is 0.333. The number of carbonyl (C=O) groups excluding carboxylic acids is 1. The van der Waals surface area contributed by atoms with Crippen molar-refractivity contribution in [2.45, 2.75) is 12.5 Å². The molecule has 1 heterocycles. The quantitative estimate of drug-likeness (QED) is 0.830. The first-order chi connectivity index (χ1) is 8.54. The molecule has 0 aliphatic rings. The van der Waals surface area contributed by atoms with Crippen LogP contribution in [0.3, 0.4) is 0 Å². The number of hydrogen-bond acceptors (Lipinski definition) is 4. The maximum atomic E-state index is 11.8. The summed E-state index contributed by atoms with van der Waals surface area (Å²) < 4.78 is 0.672. The Hall–Kier alpha value is -1.08. The molecule has 0 aromatic carbocycles. The first-order valence-corrected chi connectivity index (χ1v) is 7.36. The van der Waals surface area contributed by atoms with E-state index in [0.29, 0.717) is 22.2 Å². The highest BCUT2D eigenvalue weighted by Gasteiger charge is 2.20. The fraction of sp³-hybridized carbons (Fsp3) is 0.364. The number of carboxylic acids is 1. The summed E-state index contributed by atoms with van der Waals surface area (Å²) in [4.78, 5) is 26.7. The summed E-state index contributed by atoms with van der Waals surface area (Å²) >= 11 is 4.74. The van der Waals surface area contributed by atoms with Crippen molar-refractivity contribution < 1.29 is 14.7 Å². The maximum Gasteiger partial charge on any atom is 0.326 e. The minimum Gasteiger partial charge on any atom is -0.480 e. The van der Waals surface area contributed by atoms with Crippen molar-refractivity contribution in [2.24, 2.45) is 0 Å². The Morgan fingerprint density at radius 3 is 2.83 bits per heavy atom. The number of amides is 1. The van der Waals surface area contributed by atoms with E-state index in [4.69, 9.17) is 5.11 Å².